The lowest BCUT2D eigenvalue weighted by molar-refractivity contribution is -0.139. The standard InChI is InChI=1S/C28H26N2O5S.CH5N/c1-4-8-19-11-12-24(36-19)21-10-7-6-9-18(21)13-22-20(5-2)26(23(32)15-31)27-28(35-16-25(33)34)29-17(3)14-30(22)27;1-2/h4,6-7,9-12,14-15H,1,5,8,13,16H2,2-3H3,(H,33,34);2H2,1H3. The quantitative estimate of drug-likeness (QED) is 0.124. The number of thiophene rings is 1. The molecule has 38 heavy (non-hydrogen) atoms. The van der Waals surface area contributed by atoms with Crippen molar-refractivity contribution < 1.29 is 24.2 Å². The molecule has 3 heterocycles. The molecule has 9 heteroatoms. The lowest BCUT2D eigenvalue weighted by Gasteiger charge is -2.12. The lowest BCUT2D eigenvalue weighted by atomic mass is 9.97. The second kappa shape index (κ2) is 12.9. The van der Waals surface area contributed by atoms with Gasteiger partial charge >= 0.3 is 5.97 Å². The highest BCUT2D eigenvalue weighted by Crippen LogP contribution is 2.36. The third-order valence-corrected chi connectivity index (χ3v) is 7.04. The Morgan fingerprint density at radius 2 is 1.95 bits per heavy atom. The van der Waals surface area contributed by atoms with Crippen molar-refractivity contribution in [1.29, 1.82) is 0 Å². The number of ether oxygens (including phenoxy) is 1. The Kier molecular flexibility index (Phi) is 9.70. The average molecular weight is 534 g/mol. The second-order valence-electron chi connectivity index (χ2n) is 8.32. The smallest absolute Gasteiger partial charge is 0.341 e. The molecular weight excluding hydrogens is 502 g/mol. The van der Waals surface area contributed by atoms with E-state index >= 15 is 0 Å². The number of aromatic nitrogens is 2. The van der Waals surface area contributed by atoms with Gasteiger partial charge in [0.2, 0.25) is 11.7 Å². The number of rotatable bonds is 11. The Morgan fingerprint density at radius 3 is 2.61 bits per heavy atom. The molecule has 0 radical (unpaired) electrons. The van der Waals surface area contributed by atoms with E-state index in [-0.39, 0.29) is 17.7 Å². The van der Waals surface area contributed by atoms with Gasteiger partial charge in [0.15, 0.2) is 12.9 Å². The van der Waals surface area contributed by atoms with Gasteiger partial charge in [-0.15, -0.1) is 17.9 Å². The van der Waals surface area contributed by atoms with E-state index in [1.807, 2.05) is 29.5 Å². The van der Waals surface area contributed by atoms with Gasteiger partial charge < -0.3 is 20.0 Å². The van der Waals surface area contributed by atoms with Crippen molar-refractivity contribution in [1.82, 2.24) is 9.38 Å². The predicted molar refractivity (Wildman–Crippen MR) is 149 cm³/mol. The number of carbonyl (C=O) groups excluding carboxylic acids is 2. The molecule has 4 rings (SSSR count). The molecule has 4 aromatic rings. The van der Waals surface area contributed by atoms with Gasteiger partial charge in [0, 0.05) is 28.1 Å². The summed E-state index contributed by atoms with van der Waals surface area (Å²) in [5.74, 6) is -1.84. The Bertz CT molecular complexity index is 1490. The molecule has 0 saturated heterocycles. The van der Waals surface area contributed by atoms with E-state index in [1.54, 1.807) is 24.5 Å². The number of ketones is 1. The first-order valence-corrected chi connectivity index (χ1v) is 12.9. The number of nitrogens with two attached hydrogens (primary N) is 1. The third-order valence-electron chi connectivity index (χ3n) is 5.90. The summed E-state index contributed by atoms with van der Waals surface area (Å²) in [5, 5.41) is 9.13. The number of aryl methyl sites for hydroxylation is 1. The number of hydrogen-bond donors (Lipinski definition) is 2. The minimum atomic E-state index is -1.16. The number of aldehydes is 1. The molecule has 3 N–H and O–H groups in total. The van der Waals surface area contributed by atoms with Crippen LogP contribution in [0, 0.1) is 6.92 Å². The van der Waals surface area contributed by atoms with Gasteiger partial charge in [-0.2, -0.15) is 0 Å². The predicted octanol–water partition coefficient (Wildman–Crippen LogP) is 4.67. The number of nitrogens with zero attached hydrogens (tertiary/aromatic N) is 2. The number of carbonyl (C=O) groups is 3. The summed E-state index contributed by atoms with van der Waals surface area (Å²) in [4.78, 5) is 42.3. The van der Waals surface area contributed by atoms with E-state index in [0.29, 0.717) is 29.6 Å². The molecule has 0 saturated carbocycles. The van der Waals surface area contributed by atoms with Gasteiger partial charge in [0.05, 0.1) is 11.3 Å². The van der Waals surface area contributed by atoms with Crippen molar-refractivity contribution in [3.63, 3.8) is 0 Å². The number of hydrogen-bond acceptors (Lipinski definition) is 7. The van der Waals surface area contributed by atoms with Crippen LogP contribution in [0.4, 0.5) is 0 Å². The van der Waals surface area contributed by atoms with Crippen LogP contribution in [0.2, 0.25) is 0 Å². The summed E-state index contributed by atoms with van der Waals surface area (Å²) in [7, 11) is 1.50. The van der Waals surface area contributed by atoms with Crippen LogP contribution < -0.4 is 10.5 Å². The molecule has 0 aliphatic rings. The minimum Gasteiger partial charge on any atom is -0.479 e. The summed E-state index contributed by atoms with van der Waals surface area (Å²) in [5.41, 5.74) is 9.31. The van der Waals surface area contributed by atoms with Crippen molar-refractivity contribution in [2.24, 2.45) is 5.73 Å². The largest absolute Gasteiger partial charge is 0.479 e. The van der Waals surface area contributed by atoms with Gasteiger partial charge in [-0.1, -0.05) is 37.3 Å². The highest BCUT2D eigenvalue weighted by atomic mass is 32.1. The van der Waals surface area contributed by atoms with Crippen molar-refractivity contribution in [3.8, 4) is 16.3 Å². The molecule has 0 unspecified atom stereocenters. The SMILES string of the molecule is C=CCc1ccc(-c2ccccc2Cc2c(CC)c(C(=O)C=O)c3c(OCC(=O)O)nc(C)cn23)s1.CN. The Morgan fingerprint density at radius 1 is 1.21 bits per heavy atom. The van der Waals surface area contributed by atoms with E-state index in [9.17, 15) is 14.4 Å². The molecular formula is C29H31N3O5S. The number of carboxylic acids is 1. The fourth-order valence-electron chi connectivity index (χ4n) is 4.47. The Labute approximate surface area is 225 Å². The molecule has 0 bridgehead atoms. The number of fused-ring (bicyclic) bond motifs is 1. The van der Waals surface area contributed by atoms with Crippen LogP contribution in [0.3, 0.4) is 0 Å². The molecule has 198 valence electrons. The summed E-state index contributed by atoms with van der Waals surface area (Å²) >= 11 is 1.71. The van der Waals surface area contributed by atoms with E-state index < -0.39 is 18.4 Å². The van der Waals surface area contributed by atoms with Crippen LogP contribution in [0.25, 0.3) is 16.0 Å². The fraction of sp³-hybridized carbons (Fsp3) is 0.241. The second-order valence-corrected chi connectivity index (χ2v) is 9.49. The van der Waals surface area contributed by atoms with E-state index in [4.69, 9.17) is 9.84 Å². The maximum Gasteiger partial charge on any atom is 0.341 e. The molecule has 0 aliphatic carbocycles. The minimum absolute atomic E-state index is 0.0177. The summed E-state index contributed by atoms with van der Waals surface area (Å²) in [6.45, 7) is 6.90. The zero-order valence-corrected chi connectivity index (χ0v) is 22.5. The summed E-state index contributed by atoms with van der Waals surface area (Å²) in [6.07, 6.45) is 5.73. The molecule has 1 aromatic carbocycles. The zero-order valence-electron chi connectivity index (χ0n) is 21.7. The normalized spacial score (nSPS) is 10.5. The van der Waals surface area contributed by atoms with E-state index in [2.05, 4.69) is 41.6 Å². The van der Waals surface area contributed by atoms with Crippen LogP contribution in [-0.4, -0.2) is 46.2 Å². The van der Waals surface area contributed by atoms with Crippen molar-refractivity contribution in [2.75, 3.05) is 13.7 Å². The van der Waals surface area contributed by atoms with Crippen LogP contribution in [0.5, 0.6) is 5.88 Å². The van der Waals surface area contributed by atoms with Gasteiger partial charge in [-0.05, 0) is 55.6 Å². The van der Waals surface area contributed by atoms with Crippen LogP contribution >= 0.6 is 11.3 Å². The Balaban J connectivity index is 0.00000195. The number of carboxylic acid groups (broad SMARTS) is 1. The van der Waals surface area contributed by atoms with E-state index in [1.165, 1.54) is 11.9 Å². The van der Waals surface area contributed by atoms with Crippen molar-refractivity contribution >= 4 is 34.9 Å². The highest BCUT2D eigenvalue weighted by molar-refractivity contribution is 7.15. The lowest BCUT2D eigenvalue weighted by Crippen LogP contribution is -2.12. The average Bonchev–Trinajstić information content (AvgIpc) is 3.51. The number of aliphatic carboxylic acids is 1. The number of Topliss-reactive ketones (excluding diaryl/α,β-unsaturated/α-hetero) is 1. The first-order chi connectivity index (χ1) is 18.4. The molecule has 0 spiro atoms. The summed E-state index contributed by atoms with van der Waals surface area (Å²) < 4.78 is 7.30. The third kappa shape index (κ3) is 5.90. The van der Waals surface area contributed by atoms with Crippen molar-refractivity contribution in [3.05, 3.63) is 88.2 Å². The highest BCUT2D eigenvalue weighted by Gasteiger charge is 2.27. The maximum atomic E-state index is 12.8. The Hall–Kier alpha value is -4.08. The number of benzene rings is 1. The first kappa shape index (κ1) is 28.5. The molecule has 0 atom stereocenters. The summed E-state index contributed by atoms with van der Waals surface area (Å²) in [6, 6.07) is 12.3. The molecule has 0 amide bonds. The molecule has 3 aromatic heterocycles. The van der Waals surface area contributed by atoms with Gasteiger partial charge in [0.25, 0.3) is 0 Å². The molecule has 0 fully saturated rings. The van der Waals surface area contributed by atoms with Gasteiger partial charge in [0.1, 0.15) is 5.52 Å². The van der Waals surface area contributed by atoms with E-state index in [0.717, 1.165) is 28.1 Å². The van der Waals surface area contributed by atoms with Crippen molar-refractivity contribution in [2.45, 2.75) is 33.1 Å². The van der Waals surface area contributed by atoms with Gasteiger partial charge in [-0.3, -0.25) is 9.59 Å². The maximum absolute atomic E-state index is 12.8. The van der Waals surface area contributed by atoms with Crippen LogP contribution in [0.1, 0.15) is 44.7 Å². The topological polar surface area (TPSA) is 124 Å². The fourth-order valence-corrected chi connectivity index (χ4v) is 5.53. The molecule has 8 nitrogen and oxygen atoms in total. The first-order valence-electron chi connectivity index (χ1n) is 12.1. The number of allylic oxidation sites excluding steroid dienone is 1. The van der Waals surface area contributed by atoms with Gasteiger partial charge in [-0.25, -0.2) is 9.78 Å². The zero-order chi connectivity index (χ0) is 27.8. The molecule has 0 aliphatic heterocycles. The van der Waals surface area contributed by atoms with Crippen LogP contribution in [0.15, 0.2) is 55.3 Å². The van der Waals surface area contributed by atoms with Crippen LogP contribution in [-0.2, 0) is 28.9 Å². The monoisotopic (exact) mass is 533 g/mol.